The number of aryl methyl sites for hydroxylation is 4. The summed E-state index contributed by atoms with van der Waals surface area (Å²) in [6, 6.07) is 11.4. The Balaban J connectivity index is 1.37. The molecule has 17 nitrogen and oxygen atoms in total. The summed E-state index contributed by atoms with van der Waals surface area (Å²) in [7, 11) is 0. The van der Waals surface area contributed by atoms with Crippen molar-refractivity contribution in [3.63, 3.8) is 0 Å². The van der Waals surface area contributed by atoms with E-state index in [1.165, 1.54) is 0 Å². The Kier molecular flexibility index (Phi) is 10.1. The number of nitrogens with two attached hydrogens (primary N) is 2. The minimum absolute atomic E-state index is 0.205. The molecular formula is C36H40N12O5. The van der Waals surface area contributed by atoms with Gasteiger partial charge in [0.25, 0.3) is 11.8 Å². The second kappa shape index (κ2) is 14.8. The smallest absolute Gasteiger partial charge is 0.276 e. The van der Waals surface area contributed by atoms with Crippen LogP contribution in [-0.2, 0) is 26.2 Å². The van der Waals surface area contributed by atoms with Gasteiger partial charge in [-0.2, -0.15) is 10.2 Å². The fourth-order valence-electron chi connectivity index (χ4n) is 6.10. The molecule has 2 aromatic carbocycles. The van der Waals surface area contributed by atoms with Gasteiger partial charge in [-0.15, -0.1) is 0 Å². The standard InChI is InChI=1S/C36H40N12O5/c1-6-47-27(15-20(4)43-47)33(51)41-35-39-24-17-22(31(37)49)11-12-26(24)45(35)13-9-10-14-46-30-25(18-23(32(38)50)19-29(30)53-8-3)40-36(46)42-34(52)28-16-21(5)44-48(28)7-2/h9-12,15-19H,6-8,13-14H2,1-5H3,(H2,37,49)(H2,38,50)(H,39,41,51)(H,40,42,52). The monoisotopic (exact) mass is 720 g/mol. The minimum Gasteiger partial charge on any atom is -0.492 e. The number of fused-ring (bicyclic) bond motifs is 2. The van der Waals surface area contributed by atoms with Crippen LogP contribution in [0.4, 0.5) is 11.9 Å². The molecule has 6 rings (SSSR count). The lowest BCUT2D eigenvalue weighted by Crippen LogP contribution is -2.20. The number of nitrogens with one attached hydrogen (secondary N) is 2. The summed E-state index contributed by atoms with van der Waals surface area (Å²) < 4.78 is 12.7. The highest BCUT2D eigenvalue weighted by Crippen LogP contribution is 2.31. The maximum atomic E-state index is 13.5. The maximum Gasteiger partial charge on any atom is 0.276 e. The summed E-state index contributed by atoms with van der Waals surface area (Å²) in [6.45, 7) is 11.0. The van der Waals surface area contributed by atoms with Crippen molar-refractivity contribution >= 4 is 57.6 Å². The van der Waals surface area contributed by atoms with Crippen molar-refractivity contribution in [3.8, 4) is 5.75 Å². The second-order valence-corrected chi connectivity index (χ2v) is 12.2. The van der Waals surface area contributed by atoms with Crippen LogP contribution in [0.25, 0.3) is 22.1 Å². The van der Waals surface area contributed by atoms with Gasteiger partial charge in [0.05, 0.1) is 34.5 Å². The first-order chi connectivity index (χ1) is 25.4. The maximum absolute atomic E-state index is 13.5. The van der Waals surface area contributed by atoms with Crippen molar-refractivity contribution < 1.29 is 23.9 Å². The van der Waals surface area contributed by atoms with Crippen molar-refractivity contribution in [3.05, 3.63) is 88.5 Å². The van der Waals surface area contributed by atoms with Crippen molar-refractivity contribution in [1.82, 2.24) is 38.7 Å². The highest BCUT2D eigenvalue weighted by atomic mass is 16.5. The SMILES string of the molecule is CCOc1cc(C(N)=O)cc2nc(NC(=O)c3cc(C)nn3CC)n(CC=CCn3c(NC(=O)c4cc(C)nn4CC)nc4cc(C(N)=O)ccc43)c12. The molecule has 0 bridgehead atoms. The predicted molar refractivity (Wildman–Crippen MR) is 198 cm³/mol. The Morgan fingerprint density at radius 1 is 0.717 bits per heavy atom. The van der Waals surface area contributed by atoms with Crippen LogP contribution < -0.4 is 26.8 Å². The third kappa shape index (κ3) is 7.21. The molecule has 0 aliphatic carbocycles. The van der Waals surface area contributed by atoms with Crippen LogP contribution in [0.5, 0.6) is 5.75 Å². The molecule has 0 spiro atoms. The van der Waals surface area contributed by atoms with E-state index in [0.29, 0.717) is 70.3 Å². The van der Waals surface area contributed by atoms with Crippen LogP contribution in [0, 0.1) is 13.8 Å². The zero-order valence-electron chi connectivity index (χ0n) is 30.0. The number of aromatic nitrogens is 8. The van der Waals surface area contributed by atoms with Crippen molar-refractivity contribution in [1.29, 1.82) is 0 Å². The number of hydrogen-bond donors (Lipinski definition) is 4. The van der Waals surface area contributed by atoms with E-state index in [0.717, 1.165) is 0 Å². The highest BCUT2D eigenvalue weighted by molar-refractivity contribution is 6.05. The van der Waals surface area contributed by atoms with Gasteiger partial charge in [-0.25, -0.2) is 9.97 Å². The molecule has 0 atom stereocenters. The molecule has 6 N–H and O–H groups in total. The molecule has 0 saturated carbocycles. The number of ether oxygens (including phenoxy) is 1. The summed E-state index contributed by atoms with van der Waals surface area (Å²) in [5.41, 5.74) is 15.8. The van der Waals surface area contributed by atoms with Gasteiger partial charge in [0.15, 0.2) is 0 Å². The Bertz CT molecular complexity index is 2430. The van der Waals surface area contributed by atoms with Crippen molar-refractivity contribution in [2.24, 2.45) is 11.5 Å². The number of anilines is 2. The van der Waals surface area contributed by atoms with Crippen LogP contribution in [0.3, 0.4) is 0 Å². The van der Waals surface area contributed by atoms with Gasteiger partial charge in [-0.3, -0.25) is 39.2 Å². The van der Waals surface area contributed by atoms with E-state index in [1.807, 2.05) is 39.8 Å². The molecule has 53 heavy (non-hydrogen) atoms. The average molecular weight is 721 g/mol. The van der Waals surface area contributed by atoms with Crippen LogP contribution >= 0.6 is 0 Å². The third-order valence-electron chi connectivity index (χ3n) is 8.49. The Morgan fingerprint density at radius 3 is 1.79 bits per heavy atom. The number of rotatable bonds is 14. The Labute approximate surface area is 303 Å². The lowest BCUT2D eigenvalue weighted by Gasteiger charge is -2.12. The zero-order chi connectivity index (χ0) is 38.0. The topological polar surface area (TPSA) is 225 Å². The molecule has 0 aliphatic rings. The molecule has 274 valence electrons. The summed E-state index contributed by atoms with van der Waals surface area (Å²) in [4.78, 5) is 60.4. The fourth-order valence-corrected chi connectivity index (χ4v) is 6.10. The minimum atomic E-state index is -0.650. The van der Waals surface area contributed by atoms with E-state index in [2.05, 4.69) is 30.8 Å². The number of carbonyl (C=O) groups excluding carboxylic acids is 4. The van der Waals surface area contributed by atoms with Crippen molar-refractivity contribution in [2.75, 3.05) is 17.2 Å². The van der Waals surface area contributed by atoms with E-state index in [1.54, 1.807) is 67.9 Å². The number of imidazole rings is 2. The number of allylic oxidation sites excluding steroid dienone is 2. The van der Waals surface area contributed by atoms with Gasteiger partial charge in [0, 0.05) is 37.3 Å². The Morgan fingerprint density at radius 2 is 1.25 bits per heavy atom. The molecule has 0 saturated heterocycles. The van der Waals surface area contributed by atoms with Crippen LogP contribution in [0.1, 0.15) is 73.9 Å². The first kappa shape index (κ1) is 36.0. The molecule has 4 aromatic heterocycles. The number of amides is 4. The highest BCUT2D eigenvalue weighted by Gasteiger charge is 2.22. The van der Waals surface area contributed by atoms with Crippen molar-refractivity contribution in [2.45, 2.75) is 60.8 Å². The van der Waals surface area contributed by atoms with Crippen LogP contribution in [-0.4, -0.2) is 68.9 Å². The van der Waals surface area contributed by atoms with Gasteiger partial charge in [-0.1, -0.05) is 12.2 Å². The lowest BCUT2D eigenvalue weighted by atomic mass is 10.1. The van der Waals surface area contributed by atoms with E-state index in [-0.39, 0.29) is 36.1 Å². The van der Waals surface area contributed by atoms with E-state index >= 15 is 0 Å². The molecule has 6 aromatic rings. The molecule has 0 radical (unpaired) electrons. The normalized spacial score (nSPS) is 11.5. The van der Waals surface area contributed by atoms with Gasteiger partial charge in [0.2, 0.25) is 23.7 Å². The molecule has 4 heterocycles. The van der Waals surface area contributed by atoms with E-state index in [4.69, 9.17) is 16.2 Å². The number of hydrogen-bond acceptors (Lipinski definition) is 9. The first-order valence-corrected chi connectivity index (χ1v) is 17.1. The third-order valence-corrected chi connectivity index (χ3v) is 8.49. The number of carbonyl (C=O) groups is 4. The lowest BCUT2D eigenvalue weighted by molar-refractivity contribution is 0.0992. The predicted octanol–water partition coefficient (Wildman–Crippen LogP) is 3.79. The molecule has 0 fully saturated rings. The molecule has 0 aliphatic heterocycles. The Hall–Kier alpha value is -6.78. The average Bonchev–Trinajstić information content (AvgIpc) is 3.88. The summed E-state index contributed by atoms with van der Waals surface area (Å²) >= 11 is 0. The van der Waals surface area contributed by atoms with Gasteiger partial charge in [0.1, 0.15) is 22.7 Å². The molecular weight excluding hydrogens is 680 g/mol. The fraction of sp³-hybridized carbons (Fsp3) is 0.278. The second-order valence-electron chi connectivity index (χ2n) is 12.2. The van der Waals surface area contributed by atoms with E-state index in [9.17, 15) is 19.2 Å². The largest absolute Gasteiger partial charge is 0.492 e. The van der Waals surface area contributed by atoms with Gasteiger partial charge >= 0.3 is 0 Å². The molecule has 0 unspecified atom stereocenters. The van der Waals surface area contributed by atoms with E-state index < -0.39 is 23.6 Å². The number of benzene rings is 2. The number of nitrogens with zero attached hydrogens (tertiary/aromatic N) is 8. The van der Waals surface area contributed by atoms with Crippen LogP contribution in [0.2, 0.25) is 0 Å². The molecule has 17 heteroatoms. The summed E-state index contributed by atoms with van der Waals surface area (Å²) in [6.07, 6.45) is 3.73. The zero-order valence-corrected chi connectivity index (χ0v) is 30.0. The quantitative estimate of drug-likeness (QED) is 0.120. The van der Waals surface area contributed by atoms with Gasteiger partial charge in [-0.05, 0) is 77.1 Å². The first-order valence-electron chi connectivity index (χ1n) is 17.1. The van der Waals surface area contributed by atoms with Crippen LogP contribution in [0.15, 0.2) is 54.6 Å². The summed E-state index contributed by atoms with van der Waals surface area (Å²) in [5.74, 6) is -1.24. The number of primary amides is 2. The summed E-state index contributed by atoms with van der Waals surface area (Å²) in [5, 5.41) is 14.6. The van der Waals surface area contributed by atoms with Gasteiger partial charge < -0.3 is 25.3 Å². The molecule has 4 amide bonds.